The van der Waals surface area contributed by atoms with E-state index < -0.39 is 33.8 Å². The van der Waals surface area contributed by atoms with Gasteiger partial charge in [0.15, 0.2) is 0 Å². The highest BCUT2D eigenvalue weighted by Gasteiger charge is 2.36. The number of carboxylic acid groups (broad SMARTS) is 1. The first-order chi connectivity index (χ1) is 8.38. The van der Waals surface area contributed by atoms with E-state index in [-0.39, 0.29) is 13.0 Å². The predicted molar refractivity (Wildman–Crippen MR) is 62.4 cm³/mol. The number of ether oxygens (including phenoxy) is 1. The maximum atomic E-state index is 12.0. The number of carboxylic acids is 1. The summed E-state index contributed by atoms with van der Waals surface area (Å²) in [5.74, 6) is -2.18. The average Bonchev–Trinajstić information content (AvgIpc) is 2.36. The second-order valence-corrected chi connectivity index (χ2v) is 6.14. The van der Waals surface area contributed by atoms with Crippen molar-refractivity contribution in [3.05, 3.63) is 0 Å². The van der Waals surface area contributed by atoms with Gasteiger partial charge in [-0.3, -0.25) is 9.59 Å². The van der Waals surface area contributed by atoms with Crippen molar-refractivity contribution in [2.24, 2.45) is 0 Å². The summed E-state index contributed by atoms with van der Waals surface area (Å²) in [7, 11) is -2.55. The molecule has 0 aromatic carbocycles. The molecule has 0 aromatic rings. The lowest BCUT2D eigenvalue weighted by Gasteiger charge is -2.31. The summed E-state index contributed by atoms with van der Waals surface area (Å²) in [4.78, 5) is 21.9. The smallest absolute Gasteiger partial charge is 0.322 e. The molecule has 0 unspecified atom stereocenters. The van der Waals surface area contributed by atoms with Crippen LogP contribution in [0.2, 0.25) is 0 Å². The van der Waals surface area contributed by atoms with Gasteiger partial charge < -0.3 is 9.84 Å². The van der Waals surface area contributed by atoms with Gasteiger partial charge in [0.2, 0.25) is 10.0 Å². The first-order valence-corrected chi connectivity index (χ1v) is 7.28. The Morgan fingerprint density at radius 3 is 2.61 bits per heavy atom. The molecule has 1 atom stereocenters. The molecule has 0 aliphatic carbocycles. The number of aliphatic carboxylic acids is 1. The summed E-state index contributed by atoms with van der Waals surface area (Å²) in [6.45, 7) is 0.195. The van der Waals surface area contributed by atoms with Crippen LogP contribution in [0, 0.1) is 0 Å². The van der Waals surface area contributed by atoms with Gasteiger partial charge in [-0.15, -0.1) is 0 Å². The maximum Gasteiger partial charge on any atom is 0.322 e. The first-order valence-electron chi connectivity index (χ1n) is 5.67. The van der Waals surface area contributed by atoms with Gasteiger partial charge in [0.1, 0.15) is 6.04 Å². The molecule has 0 saturated carbocycles. The van der Waals surface area contributed by atoms with Crippen molar-refractivity contribution >= 4 is 22.0 Å². The minimum absolute atomic E-state index is 0.195. The van der Waals surface area contributed by atoms with Gasteiger partial charge in [0.05, 0.1) is 19.3 Å². The molecule has 1 heterocycles. The van der Waals surface area contributed by atoms with Crippen LogP contribution < -0.4 is 0 Å². The zero-order chi connectivity index (χ0) is 13.8. The summed E-state index contributed by atoms with van der Waals surface area (Å²) < 4.78 is 29.3. The number of rotatable bonds is 5. The molecule has 1 saturated heterocycles. The minimum Gasteiger partial charge on any atom is -0.480 e. The number of nitrogens with zero attached hydrogens (tertiary/aromatic N) is 1. The molecule has 0 bridgehead atoms. The third-order valence-electron chi connectivity index (χ3n) is 2.89. The molecule has 0 radical (unpaired) electrons. The fourth-order valence-corrected chi connectivity index (χ4v) is 3.57. The highest BCUT2D eigenvalue weighted by Crippen LogP contribution is 2.21. The normalized spacial score (nSPS) is 21.5. The standard InChI is InChI=1S/C10H17NO6S/c1-17-9(12)5-7-18(15,16)11-6-3-2-4-8(11)10(13)14/h8H,2-7H2,1H3,(H,13,14)/t8-/m0/s1. The Bertz CT molecular complexity index is 418. The number of methoxy groups -OCH3 is 1. The van der Waals surface area contributed by atoms with Crippen LogP contribution in [0.5, 0.6) is 0 Å². The fraction of sp³-hybridized carbons (Fsp3) is 0.800. The van der Waals surface area contributed by atoms with Crippen molar-refractivity contribution in [3.63, 3.8) is 0 Å². The largest absolute Gasteiger partial charge is 0.480 e. The molecule has 7 nitrogen and oxygen atoms in total. The minimum atomic E-state index is -3.73. The second-order valence-electron chi connectivity index (χ2n) is 4.10. The van der Waals surface area contributed by atoms with Crippen molar-refractivity contribution in [1.29, 1.82) is 0 Å². The molecule has 104 valence electrons. The number of sulfonamides is 1. The van der Waals surface area contributed by atoms with Gasteiger partial charge in [-0.2, -0.15) is 4.31 Å². The predicted octanol–water partition coefficient (Wildman–Crippen LogP) is -0.182. The lowest BCUT2D eigenvalue weighted by molar-refractivity contribution is -0.142. The average molecular weight is 279 g/mol. The van der Waals surface area contributed by atoms with Gasteiger partial charge in [0.25, 0.3) is 0 Å². The Morgan fingerprint density at radius 2 is 2.06 bits per heavy atom. The Morgan fingerprint density at radius 1 is 1.39 bits per heavy atom. The van der Waals surface area contributed by atoms with Crippen LogP contribution in [0.4, 0.5) is 0 Å². The lowest BCUT2D eigenvalue weighted by atomic mass is 10.1. The van der Waals surface area contributed by atoms with E-state index in [0.29, 0.717) is 19.3 Å². The van der Waals surface area contributed by atoms with E-state index in [1.165, 1.54) is 7.11 Å². The van der Waals surface area contributed by atoms with Crippen LogP contribution in [0.3, 0.4) is 0 Å². The summed E-state index contributed by atoms with van der Waals surface area (Å²) >= 11 is 0. The van der Waals surface area contributed by atoms with E-state index >= 15 is 0 Å². The van der Waals surface area contributed by atoms with Crippen LogP contribution >= 0.6 is 0 Å². The van der Waals surface area contributed by atoms with E-state index in [1.807, 2.05) is 0 Å². The zero-order valence-electron chi connectivity index (χ0n) is 10.2. The molecule has 8 heteroatoms. The molecule has 0 aromatic heterocycles. The Kier molecular flexibility index (Phi) is 5.09. The van der Waals surface area contributed by atoms with Crippen LogP contribution in [-0.4, -0.2) is 55.2 Å². The summed E-state index contributed by atoms with van der Waals surface area (Å²) in [5, 5.41) is 9.00. The molecule has 1 fully saturated rings. The molecule has 0 spiro atoms. The van der Waals surface area contributed by atoms with Crippen LogP contribution in [0.15, 0.2) is 0 Å². The Labute approximate surface area is 106 Å². The molecule has 1 aliphatic rings. The highest BCUT2D eigenvalue weighted by molar-refractivity contribution is 7.89. The maximum absolute atomic E-state index is 12.0. The number of piperidine rings is 1. The molecule has 18 heavy (non-hydrogen) atoms. The lowest BCUT2D eigenvalue weighted by Crippen LogP contribution is -2.48. The number of hydrogen-bond donors (Lipinski definition) is 1. The molecular formula is C10H17NO6S. The summed E-state index contributed by atoms with van der Waals surface area (Å²) in [6.07, 6.45) is 1.38. The van der Waals surface area contributed by atoms with Crippen molar-refractivity contribution in [2.45, 2.75) is 31.7 Å². The second kappa shape index (κ2) is 6.14. The third-order valence-corrected chi connectivity index (χ3v) is 4.76. The van der Waals surface area contributed by atoms with Gasteiger partial charge >= 0.3 is 11.9 Å². The molecule has 1 aliphatic heterocycles. The van der Waals surface area contributed by atoms with Gasteiger partial charge in [-0.05, 0) is 19.3 Å². The zero-order valence-corrected chi connectivity index (χ0v) is 11.0. The third kappa shape index (κ3) is 3.67. The number of hydrogen-bond acceptors (Lipinski definition) is 5. The van der Waals surface area contributed by atoms with E-state index in [2.05, 4.69) is 4.74 Å². The van der Waals surface area contributed by atoms with Gasteiger partial charge in [0, 0.05) is 6.54 Å². The van der Waals surface area contributed by atoms with Crippen LogP contribution in [0.1, 0.15) is 25.7 Å². The van der Waals surface area contributed by atoms with Crippen molar-refractivity contribution in [2.75, 3.05) is 19.4 Å². The quantitative estimate of drug-likeness (QED) is 0.700. The van der Waals surface area contributed by atoms with Crippen LogP contribution in [0.25, 0.3) is 0 Å². The Balaban J connectivity index is 2.75. The number of carbonyl (C=O) groups excluding carboxylic acids is 1. The topological polar surface area (TPSA) is 101 Å². The first kappa shape index (κ1) is 14.9. The SMILES string of the molecule is COC(=O)CCS(=O)(=O)N1CCCC[C@H]1C(=O)O. The van der Waals surface area contributed by atoms with Gasteiger partial charge in [-0.1, -0.05) is 0 Å². The molecule has 1 rings (SSSR count). The number of carbonyl (C=O) groups is 2. The molecule has 1 N–H and O–H groups in total. The van der Waals surface area contributed by atoms with E-state index in [4.69, 9.17) is 5.11 Å². The van der Waals surface area contributed by atoms with E-state index in [9.17, 15) is 18.0 Å². The van der Waals surface area contributed by atoms with E-state index in [1.54, 1.807) is 0 Å². The number of esters is 1. The van der Waals surface area contributed by atoms with Crippen molar-refractivity contribution < 1.29 is 27.9 Å². The van der Waals surface area contributed by atoms with Gasteiger partial charge in [-0.25, -0.2) is 8.42 Å². The molecule has 0 amide bonds. The van der Waals surface area contributed by atoms with E-state index in [0.717, 1.165) is 4.31 Å². The monoisotopic (exact) mass is 279 g/mol. The Hall–Kier alpha value is -1.15. The fourth-order valence-electron chi connectivity index (χ4n) is 1.92. The molecular weight excluding hydrogens is 262 g/mol. The van der Waals surface area contributed by atoms with Crippen molar-refractivity contribution in [3.8, 4) is 0 Å². The van der Waals surface area contributed by atoms with Crippen molar-refractivity contribution in [1.82, 2.24) is 4.31 Å². The highest BCUT2D eigenvalue weighted by atomic mass is 32.2. The summed E-state index contributed by atoms with van der Waals surface area (Å²) in [6, 6.07) is -1.01. The summed E-state index contributed by atoms with van der Waals surface area (Å²) in [5.41, 5.74) is 0. The van der Waals surface area contributed by atoms with Crippen LogP contribution in [-0.2, 0) is 24.3 Å².